The van der Waals surface area contributed by atoms with Crippen molar-refractivity contribution in [1.29, 1.82) is 0 Å². The zero-order chi connectivity index (χ0) is 19.3. The molecule has 0 aromatic heterocycles. The van der Waals surface area contributed by atoms with E-state index in [9.17, 15) is 13.2 Å². The third kappa shape index (κ3) is 6.02. The Morgan fingerprint density at radius 1 is 1.15 bits per heavy atom. The maximum atomic E-state index is 12.5. The highest BCUT2D eigenvalue weighted by Gasteiger charge is 2.34. The second-order valence-electron chi connectivity index (χ2n) is 7.37. The van der Waals surface area contributed by atoms with Crippen LogP contribution < -0.4 is 15.5 Å². The lowest BCUT2D eigenvalue weighted by Gasteiger charge is -2.21. The van der Waals surface area contributed by atoms with E-state index in [2.05, 4.69) is 44.8 Å². The highest BCUT2D eigenvalue weighted by atomic mass is 19.4. The van der Waals surface area contributed by atoms with Gasteiger partial charge in [-0.25, -0.2) is 0 Å². The van der Waals surface area contributed by atoms with Crippen LogP contribution in [0.1, 0.15) is 12.8 Å². The summed E-state index contributed by atoms with van der Waals surface area (Å²) in [7, 11) is 1.70. The van der Waals surface area contributed by atoms with Crippen molar-refractivity contribution in [3.05, 3.63) is 30.3 Å². The highest BCUT2D eigenvalue weighted by molar-refractivity contribution is 5.80. The molecule has 2 unspecified atom stereocenters. The number of likely N-dealkylation sites (tertiary alicyclic amines) is 1. The van der Waals surface area contributed by atoms with Crippen LogP contribution in [0.3, 0.4) is 0 Å². The minimum absolute atomic E-state index is 0.00273. The van der Waals surface area contributed by atoms with E-state index in [1.165, 1.54) is 10.6 Å². The van der Waals surface area contributed by atoms with Crippen molar-refractivity contribution in [3.8, 4) is 0 Å². The number of guanidine groups is 1. The minimum atomic E-state index is -4.14. The molecule has 0 bridgehead atoms. The molecule has 0 saturated carbocycles. The van der Waals surface area contributed by atoms with Crippen molar-refractivity contribution in [2.45, 2.75) is 25.1 Å². The maximum absolute atomic E-state index is 12.5. The molecule has 0 amide bonds. The van der Waals surface area contributed by atoms with Gasteiger partial charge in [-0.05, 0) is 30.9 Å². The van der Waals surface area contributed by atoms with Gasteiger partial charge in [-0.15, -0.1) is 0 Å². The Bertz CT molecular complexity index is 620. The van der Waals surface area contributed by atoms with Crippen LogP contribution in [0.5, 0.6) is 0 Å². The quantitative estimate of drug-likeness (QED) is 0.605. The fourth-order valence-corrected chi connectivity index (χ4v) is 3.85. The molecule has 2 aliphatic rings. The van der Waals surface area contributed by atoms with Gasteiger partial charge in [0.1, 0.15) is 0 Å². The monoisotopic (exact) mass is 383 g/mol. The molecular weight excluding hydrogens is 355 g/mol. The molecule has 2 aliphatic heterocycles. The van der Waals surface area contributed by atoms with E-state index in [1.54, 1.807) is 7.05 Å². The summed E-state index contributed by atoms with van der Waals surface area (Å²) in [6.45, 7) is 2.86. The Morgan fingerprint density at radius 3 is 2.63 bits per heavy atom. The van der Waals surface area contributed by atoms with Crippen molar-refractivity contribution < 1.29 is 13.2 Å². The maximum Gasteiger partial charge on any atom is 0.401 e. The molecule has 5 nitrogen and oxygen atoms in total. The van der Waals surface area contributed by atoms with Crippen LogP contribution in [0.2, 0.25) is 0 Å². The molecule has 2 fully saturated rings. The van der Waals surface area contributed by atoms with Crippen molar-refractivity contribution >= 4 is 11.6 Å². The van der Waals surface area contributed by atoms with E-state index in [4.69, 9.17) is 0 Å². The summed E-state index contributed by atoms with van der Waals surface area (Å²) in [4.78, 5) is 8.06. The zero-order valence-corrected chi connectivity index (χ0v) is 15.7. The summed E-state index contributed by atoms with van der Waals surface area (Å²) >= 11 is 0. The number of alkyl halides is 3. The van der Waals surface area contributed by atoms with Crippen LogP contribution in [-0.2, 0) is 0 Å². The first kappa shape index (κ1) is 19.8. The largest absolute Gasteiger partial charge is 0.401 e. The van der Waals surface area contributed by atoms with Gasteiger partial charge in [0.2, 0.25) is 0 Å². The summed E-state index contributed by atoms with van der Waals surface area (Å²) in [6, 6.07) is 10.4. The van der Waals surface area contributed by atoms with Gasteiger partial charge in [0.05, 0.1) is 6.54 Å². The topological polar surface area (TPSA) is 42.9 Å². The van der Waals surface area contributed by atoms with Gasteiger partial charge >= 0.3 is 6.18 Å². The van der Waals surface area contributed by atoms with Crippen LogP contribution in [-0.4, -0.2) is 69.4 Å². The number of anilines is 1. The number of hydrogen-bond donors (Lipinski definition) is 2. The highest BCUT2D eigenvalue weighted by Crippen LogP contribution is 2.23. The lowest BCUT2D eigenvalue weighted by atomic mass is 10.1. The van der Waals surface area contributed by atoms with Crippen molar-refractivity contribution in [2.24, 2.45) is 10.9 Å². The van der Waals surface area contributed by atoms with E-state index >= 15 is 0 Å². The standard InChI is InChI=1S/C19H28F3N5/c1-23-18(25-16-8-9-26(13-16)14-19(20,21)22)24-11-15-7-10-27(12-15)17-5-3-2-4-6-17/h2-6,15-16H,7-14H2,1H3,(H2,23,24,25). The number of halogens is 3. The fourth-order valence-electron chi connectivity index (χ4n) is 3.85. The van der Waals surface area contributed by atoms with Gasteiger partial charge in [0.25, 0.3) is 0 Å². The summed E-state index contributed by atoms with van der Waals surface area (Å²) < 4.78 is 37.5. The van der Waals surface area contributed by atoms with E-state index < -0.39 is 12.7 Å². The van der Waals surface area contributed by atoms with Gasteiger partial charge in [0, 0.05) is 51.5 Å². The number of benzene rings is 1. The van der Waals surface area contributed by atoms with Gasteiger partial charge in [-0.3, -0.25) is 9.89 Å². The number of rotatable bonds is 5. The normalized spacial score (nSPS) is 24.4. The second kappa shape index (κ2) is 8.82. The first-order chi connectivity index (χ1) is 12.9. The van der Waals surface area contributed by atoms with E-state index in [0.717, 1.165) is 26.1 Å². The number of aliphatic imine (C=N–C) groups is 1. The molecule has 0 aliphatic carbocycles. The third-order valence-corrected chi connectivity index (χ3v) is 5.21. The molecule has 0 spiro atoms. The fraction of sp³-hybridized carbons (Fsp3) is 0.632. The van der Waals surface area contributed by atoms with Crippen molar-refractivity contribution in [2.75, 3.05) is 51.2 Å². The third-order valence-electron chi connectivity index (χ3n) is 5.21. The molecular formula is C19H28F3N5. The molecule has 1 aromatic carbocycles. The summed E-state index contributed by atoms with van der Waals surface area (Å²) in [5.74, 6) is 1.20. The number of hydrogen-bond acceptors (Lipinski definition) is 3. The van der Waals surface area contributed by atoms with Gasteiger partial charge < -0.3 is 15.5 Å². The molecule has 2 heterocycles. The zero-order valence-electron chi connectivity index (χ0n) is 15.7. The summed E-state index contributed by atoms with van der Waals surface area (Å²) in [5.41, 5.74) is 1.25. The Kier molecular flexibility index (Phi) is 6.46. The second-order valence-corrected chi connectivity index (χ2v) is 7.37. The molecule has 0 radical (unpaired) electrons. The van der Waals surface area contributed by atoms with E-state index in [1.807, 2.05) is 6.07 Å². The SMILES string of the molecule is CN=C(NCC1CCN(c2ccccc2)C1)NC1CCN(CC(F)(F)F)C1. The Hall–Kier alpha value is -1.96. The first-order valence-electron chi connectivity index (χ1n) is 9.49. The van der Waals surface area contributed by atoms with Gasteiger partial charge in [-0.2, -0.15) is 13.2 Å². The predicted octanol–water partition coefficient (Wildman–Crippen LogP) is 2.31. The summed E-state index contributed by atoms with van der Waals surface area (Å²) in [6.07, 6.45) is -2.33. The Labute approximate surface area is 158 Å². The molecule has 27 heavy (non-hydrogen) atoms. The first-order valence-corrected chi connectivity index (χ1v) is 9.49. The van der Waals surface area contributed by atoms with Gasteiger partial charge in [-0.1, -0.05) is 18.2 Å². The van der Waals surface area contributed by atoms with Crippen molar-refractivity contribution in [3.63, 3.8) is 0 Å². The average Bonchev–Trinajstić information content (AvgIpc) is 3.27. The Balaban J connectivity index is 1.40. The molecule has 150 valence electrons. The Morgan fingerprint density at radius 2 is 1.93 bits per heavy atom. The van der Waals surface area contributed by atoms with Crippen LogP contribution in [0.15, 0.2) is 35.3 Å². The van der Waals surface area contributed by atoms with Crippen LogP contribution in [0.25, 0.3) is 0 Å². The lowest BCUT2D eigenvalue weighted by molar-refractivity contribution is -0.143. The molecule has 2 saturated heterocycles. The lowest BCUT2D eigenvalue weighted by Crippen LogP contribution is -2.46. The van der Waals surface area contributed by atoms with Crippen LogP contribution in [0.4, 0.5) is 18.9 Å². The smallest absolute Gasteiger partial charge is 0.371 e. The molecule has 3 rings (SSSR count). The molecule has 2 atom stereocenters. The predicted molar refractivity (Wildman–Crippen MR) is 102 cm³/mol. The summed E-state index contributed by atoms with van der Waals surface area (Å²) in [5, 5.41) is 6.61. The van der Waals surface area contributed by atoms with E-state index in [0.29, 0.717) is 31.4 Å². The average molecular weight is 383 g/mol. The number of nitrogens with one attached hydrogen (secondary N) is 2. The van der Waals surface area contributed by atoms with Gasteiger partial charge in [0.15, 0.2) is 5.96 Å². The van der Waals surface area contributed by atoms with E-state index in [-0.39, 0.29) is 6.04 Å². The molecule has 8 heteroatoms. The minimum Gasteiger partial charge on any atom is -0.371 e. The molecule has 1 aromatic rings. The number of para-hydroxylation sites is 1. The van der Waals surface area contributed by atoms with Crippen LogP contribution in [0, 0.1) is 5.92 Å². The van der Waals surface area contributed by atoms with Crippen LogP contribution >= 0.6 is 0 Å². The number of nitrogens with zero attached hydrogens (tertiary/aromatic N) is 3. The molecule has 2 N–H and O–H groups in total. The van der Waals surface area contributed by atoms with Crippen molar-refractivity contribution in [1.82, 2.24) is 15.5 Å².